The van der Waals surface area contributed by atoms with E-state index in [1.165, 1.54) is 10.6 Å². The number of para-hydroxylation sites is 1. The van der Waals surface area contributed by atoms with Gasteiger partial charge in [-0.1, -0.05) is 13.0 Å². The van der Waals surface area contributed by atoms with Gasteiger partial charge in [0.25, 0.3) is 0 Å². The highest BCUT2D eigenvalue weighted by Gasteiger charge is 2.14. The zero-order valence-corrected chi connectivity index (χ0v) is 8.84. The second-order valence-corrected chi connectivity index (χ2v) is 3.51. The van der Waals surface area contributed by atoms with Crippen molar-refractivity contribution in [3.63, 3.8) is 0 Å². The molecule has 2 aromatic rings. The van der Waals surface area contributed by atoms with Crippen molar-refractivity contribution in [1.82, 2.24) is 9.55 Å². The Hall–Kier alpha value is -2.04. The summed E-state index contributed by atoms with van der Waals surface area (Å²) in [7, 11) is 0. The van der Waals surface area contributed by atoms with E-state index < -0.39 is 5.97 Å². The van der Waals surface area contributed by atoms with Gasteiger partial charge < -0.3 is 14.8 Å². The molecular formula is C11H12N2O3. The SMILES string of the molecule is CCc1nc2cccc(O)c2n1CC(=O)O. The van der Waals surface area contributed by atoms with Crippen molar-refractivity contribution in [2.24, 2.45) is 0 Å². The van der Waals surface area contributed by atoms with Crippen LogP contribution < -0.4 is 0 Å². The lowest BCUT2D eigenvalue weighted by Crippen LogP contribution is -2.11. The number of phenols is 1. The fourth-order valence-corrected chi connectivity index (χ4v) is 1.79. The lowest BCUT2D eigenvalue weighted by Gasteiger charge is -2.05. The molecule has 0 saturated heterocycles. The number of aryl methyl sites for hydroxylation is 1. The molecule has 0 spiro atoms. The van der Waals surface area contributed by atoms with E-state index in [4.69, 9.17) is 5.11 Å². The van der Waals surface area contributed by atoms with Crippen LogP contribution in [0.3, 0.4) is 0 Å². The van der Waals surface area contributed by atoms with E-state index >= 15 is 0 Å². The predicted molar refractivity (Wildman–Crippen MR) is 58.4 cm³/mol. The van der Waals surface area contributed by atoms with E-state index in [2.05, 4.69) is 4.98 Å². The van der Waals surface area contributed by atoms with Crippen molar-refractivity contribution in [3.05, 3.63) is 24.0 Å². The molecule has 0 bridgehead atoms. The fraction of sp³-hybridized carbons (Fsp3) is 0.273. The molecule has 0 aliphatic rings. The summed E-state index contributed by atoms with van der Waals surface area (Å²) < 4.78 is 1.53. The van der Waals surface area contributed by atoms with Crippen LogP contribution in [0.15, 0.2) is 18.2 Å². The Morgan fingerprint density at radius 1 is 1.50 bits per heavy atom. The molecule has 16 heavy (non-hydrogen) atoms. The van der Waals surface area contributed by atoms with Crippen LogP contribution in [0.25, 0.3) is 11.0 Å². The standard InChI is InChI=1S/C11H12N2O3/c1-2-9-12-7-4-3-5-8(14)11(7)13(9)6-10(15)16/h3-5,14H,2,6H2,1H3,(H,15,16). The third kappa shape index (κ3) is 1.60. The highest BCUT2D eigenvalue weighted by molar-refractivity contribution is 5.83. The summed E-state index contributed by atoms with van der Waals surface area (Å²) in [5.41, 5.74) is 1.11. The van der Waals surface area contributed by atoms with Crippen LogP contribution in [0.4, 0.5) is 0 Å². The normalized spacial score (nSPS) is 10.8. The lowest BCUT2D eigenvalue weighted by molar-refractivity contribution is -0.137. The van der Waals surface area contributed by atoms with Gasteiger partial charge in [0.1, 0.15) is 23.6 Å². The minimum Gasteiger partial charge on any atom is -0.506 e. The average molecular weight is 220 g/mol. The summed E-state index contributed by atoms with van der Waals surface area (Å²) in [4.78, 5) is 15.0. The molecule has 0 atom stereocenters. The third-order valence-electron chi connectivity index (χ3n) is 2.43. The monoisotopic (exact) mass is 220 g/mol. The Bertz CT molecular complexity index is 545. The van der Waals surface area contributed by atoms with E-state index in [-0.39, 0.29) is 12.3 Å². The second kappa shape index (κ2) is 3.84. The Morgan fingerprint density at radius 3 is 2.88 bits per heavy atom. The maximum atomic E-state index is 10.8. The first-order chi connectivity index (χ1) is 7.63. The van der Waals surface area contributed by atoms with Crippen molar-refractivity contribution in [2.75, 3.05) is 0 Å². The molecule has 0 saturated carbocycles. The lowest BCUT2D eigenvalue weighted by atomic mass is 10.3. The number of aliphatic carboxylic acids is 1. The van der Waals surface area contributed by atoms with Crippen LogP contribution in [-0.2, 0) is 17.8 Å². The quantitative estimate of drug-likeness (QED) is 0.819. The van der Waals surface area contributed by atoms with Gasteiger partial charge in [0.05, 0.1) is 5.52 Å². The molecule has 5 heteroatoms. The molecule has 84 valence electrons. The van der Waals surface area contributed by atoms with Gasteiger partial charge >= 0.3 is 5.97 Å². The number of imidazole rings is 1. The maximum absolute atomic E-state index is 10.8. The number of carboxylic acids is 1. The summed E-state index contributed by atoms with van der Waals surface area (Å²) in [6, 6.07) is 4.98. The number of aromatic hydroxyl groups is 1. The zero-order chi connectivity index (χ0) is 11.7. The van der Waals surface area contributed by atoms with Gasteiger partial charge in [0.15, 0.2) is 0 Å². The summed E-state index contributed by atoms with van der Waals surface area (Å²) in [6.45, 7) is 1.72. The number of fused-ring (bicyclic) bond motifs is 1. The van der Waals surface area contributed by atoms with E-state index in [1.807, 2.05) is 6.92 Å². The maximum Gasteiger partial charge on any atom is 0.323 e. The topological polar surface area (TPSA) is 75.4 Å². The van der Waals surface area contributed by atoms with E-state index in [9.17, 15) is 9.90 Å². The van der Waals surface area contributed by atoms with Gasteiger partial charge in [-0.3, -0.25) is 4.79 Å². The number of nitrogens with zero attached hydrogens (tertiary/aromatic N) is 2. The summed E-state index contributed by atoms with van der Waals surface area (Å²) in [5.74, 6) is -0.220. The number of phenolic OH excluding ortho intramolecular Hbond substituents is 1. The second-order valence-electron chi connectivity index (χ2n) is 3.51. The molecule has 5 nitrogen and oxygen atoms in total. The highest BCUT2D eigenvalue weighted by Crippen LogP contribution is 2.25. The smallest absolute Gasteiger partial charge is 0.323 e. The van der Waals surface area contributed by atoms with Crippen molar-refractivity contribution in [2.45, 2.75) is 19.9 Å². The Labute approximate surface area is 92.0 Å². The third-order valence-corrected chi connectivity index (χ3v) is 2.43. The molecule has 0 amide bonds. The first kappa shape index (κ1) is 10.5. The number of aromatic nitrogens is 2. The molecule has 0 aliphatic carbocycles. The Morgan fingerprint density at radius 2 is 2.25 bits per heavy atom. The van der Waals surface area contributed by atoms with E-state index in [0.29, 0.717) is 23.3 Å². The average Bonchev–Trinajstić information content (AvgIpc) is 2.57. The van der Waals surface area contributed by atoms with Crippen molar-refractivity contribution in [3.8, 4) is 5.75 Å². The van der Waals surface area contributed by atoms with E-state index in [1.54, 1.807) is 12.1 Å². The largest absolute Gasteiger partial charge is 0.506 e. The van der Waals surface area contributed by atoms with Crippen LogP contribution in [0.5, 0.6) is 5.75 Å². The molecule has 0 unspecified atom stereocenters. The summed E-state index contributed by atoms with van der Waals surface area (Å²) in [6.07, 6.45) is 0.626. The summed E-state index contributed by atoms with van der Waals surface area (Å²) >= 11 is 0. The molecule has 2 rings (SSSR count). The van der Waals surface area contributed by atoms with Crippen LogP contribution in [0.2, 0.25) is 0 Å². The van der Waals surface area contributed by atoms with Crippen LogP contribution in [0, 0.1) is 0 Å². The number of carboxylic acid groups (broad SMARTS) is 1. The van der Waals surface area contributed by atoms with E-state index in [0.717, 1.165) is 0 Å². The highest BCUT2D eigenvalue weighted by atomic mass is 16.4. The number of benzene rings is 1. The molecule has 0 radical (unpaired) electrons. The molecule has 2 N–H and O–H groups in total. The number of carbonyl (C=O) groups is 1. The first-order valence-corrected chi connectivity index (χ1v) is 5.02. The molecular weight excluding hydrogens is 208 g/mol. The van der Waals surface area contributed by atoms with Crippen LogP contribution >= 0.6 is 0 Å². The van der Waals surface area contributed by atoms with Crippen molar-refractivity contribution >= 4 is 17.0 Å². The van der Waals surface area contributed by atoms with Gasteiger partial charge in [-0.05, 0) is 12.1 Å². The van der Waals surface area contributed by atoms with Gasteiger partial charge in [-0.15, -0.1) is 0 Å². The minimum atomic E-state index is -0.947. The fourth-order valence-electron chi connectivity index (χ4n) is 1.79. The number of rotatable bonds is 3. The van der Waals surface area contributed by atoms with Gasteiger partial charge in [0, 0.05) is 6.42 Å². The molecule has 0 aliphatic heterocycles. The Kier molecular flexibility index (Phi) is 2.52. The van der Waals surface area contributed by atoms with Crippen molar-refractivity contribution in [1.29, 1.82) is 0 Å². The first-order valence-electron chi connectivity index (χ1n) is 5.02. The molecule has 1 aromatic carbocycles. The summed E-state index contributed by atoms with van der Waals surface area (Å²) in [5, 5.41) is 18.5. The molecule has 1 heterocycles. The Balaban J connectivity index is 2.70. The number of hydrogen-bond donors (Lipinski definition) is 2. The van der Waals surface area contributed by atoms with Crippen LogP contribution in [-0.4, -0.2) is 25.7 Å². The van der Waals surface area contributed by atoms with Crippen molar-refractivity contribution < 1.29 is 15.0 Å². The zero-order valence-electron chi connectivity index (χ0n) is 8.84. The van der Waals surface area contributed by atoms with Gasteiger partial charge in [-0.2, -0.15) is 0 Å². The predicted octanol–water partition coefficient (Wildman–Crippen LogP) is 1.39. The van der Waals surface area contributed by atoms with Gasteiger partial charge in [-0.25, -0.2) is 4.98 Å². The van der Waals surface area contributed by atoms with Gasteiger partial charge in [0.2, 0.25) is 0 Å². The number of hydrogen-bond acceptors (Lipinski definition) is 3. The molecule has 0 fully saturated rings. The minimum absolute atomic E-state index is 0.0611. The molecule has 1 aromatic heterocycles. The van der Waals surface area contributed by atoms with Crippen LogP contribution in [0.1, 0.15) is 12.7 Å².